The lowest BCUT2D eigenvalue weighted by Crippen LogP contribution is -2.49. The molecule has 1 aliphatic carbocycles. The number of aromatic nitrogens is 1. The normalized spacial score (nSPS) is 26.3. The van der Waals surface area contributed by atoms with Crippen molar-refractivity contribution in [1.29, 1.82) is 0 Å². The van der Waals surface area contributed by atoms with Crippen LogP contribution < -0.4 is 4.90 Å². The third kappa shape index (κ3) is 2.28. The molecular weight excluding hydrogens is 268 g/mol. The van der Waals surface area contributed by atoms with E-state index in [0.717, 1.165) is 25.8 Å². The van der Waals surface area contributed by atoms with Crippen molar-refractivity contribution in [2.45, 2.75) is 31.4 Å². The van der Waals surface area contributed by atoms with E-state index in [1.165, 1.54) is 6.20 Å². The predicted octanol–water partition coefficient (Wildman–Crippen LogP) is 2.19. The molecule has 0 radical (unpaired) electrons. The van der Waals surface area contributed by atoms with E-state index in [0.29, 0.717) is 18.5 Å². The Balaban J connectivity index is 1.93. The highest BCUT2D eigenvalue weighted by Gasteiger charge is 2.36. The zero-order valence-corrected chi connectivity index (χ0v) is 11.1. The second kappa shape index (κ2) is 4.98. The van der Waals surface area contributed by atoms with Gasteiger partial charge in [0.05, 0.1) is 29.3 Å². The average Bonchev–Trinajstić information content (AvgIpc) is 2.87. The van der Waals surface area contributed by atoms with E-state index in [4.69, 9.17) is 21.4 Å². The standard InChI is InChI=1S/C13H15ClN2O3/c14-9-7-15-12(6-8(9)13(17)18)16-4-5-19-11-3-1-2-10(11)16/h6-7,10-11H,1-5H2,(H,17,18). The molecule has 19 heavy (non-hydrogen) atoms. The molecule has 1 saturated carbocycles. The molecule has 1 aromatic rings. The van der Waals surface area contributed by atoms with Crippen molar-refractivity contribution in [1.82, 2.24) is 4.98 Å². The molecule has 1 aliphatic heterocycles. The number of fused-ring (bicyclic) bond motifs is 1. The highest BCUT2D eigenvalue weighted by Crippen LogP contribution is 2.33. The number of carboxylic acids is 1. The summed E-state index contributed by atoms with van der Waals surface area (Å²) in [4.78, 5) is 17.6. The molecule has 3 rings (SSSR count). The number of hydrogen-bond acceptors (Lipinski definition) is 4. The molecule has 1 aromatic heterocycles. The number of carboxylic acid groups (broad SMARTS) is 1. The number of nitrogens with zero attached hydrogens (tertiary/aromatic N) is 2. The first-order valence-corrected chi connectivity index (χ1v) is 6.81. The van der Waals surface area contributed by atoms with Crippen molar-refractivity contribution in [2.24, 2.45) is 0 Å². The maximum absolute atomic E-state index is 11.1. The second-order valence-electron chi connectivity index (χ2n) is 4.93. The molecule has 0 spiro atoms. The maximum atomic E-state index is 11.1. The van der Waals surface area contributed by atoms with Gasteiger partial charge in [0.1, 0.15) is 5.82 Å². The van der Waals surface area contributed by atoms with Crippen molar-refractivity contribution in [3.8, 4) is 0 Å². The van der Waals surface area contributed by atoms with Crippen LogP contribution in [0.1, 0.15) is 29.6 Å². The van der Waals surface area contributed by atoms with Gasteiger partial charge in [-0.25, -0.2) is 9.78 Å². The summed E-state index contributed by atoms with van der Waals surface area (Å²) in [6, 6.07) is 1.87. The van der Waals surface area contributed by atoms with Gasteiger partial charge in [-0.2, -0.15) is 0 Å². The molecule has 0 bridgehead atoms. The first kappa shape index (κ1) is 12.7. The molecular formula is C13H15ClN2O3. The van der Waals surface area contributed by atoms with Crippen LogP contribution in [0.25, 0.3) is 0 Å². The predicted molar refractivity (Wildman–Crippen MR) is 70.9 cm³/mol. The van der Waals surface area contributed by atoms with Gasteiger partial charge in [-0.1, -0.05) is 11.6 Å². The van der Waals surface area contributed by atoms with Gasteiger partial charge in [-0.05, 0) is 25.3 Å². The lowest BCUT2D eigenvalue weighted by molar-refractivity contribution is 0.0253. The van der Waals surface area contributed by atoms with Crippen molar-refractivity contribution >= 4 is 23.4 Å². The van der Waals surface area contributed by atoms with Crippen LogP contribution in [0.3, 0.4) is 0 Å². The van der Waals surface area contributed by atoms with Gasteiger partial charge < -0.3 is 14.7 Å². The van der Waals surface area contributed by atoms with Gasteiger partial charge in [0.25, 0.3) is 0 Å². The number of hydrogen-bond donors (Lipinski definition) is 1. The van der Waals surface area contributed by atoms with Crippen LogP contribution in [0, 0.1) is 0 Å². The van der Waals surface area contributed by atoms with Gasteiger partial charge in [-0.15, -0.1) is 0 Å². The Morgan fingerprint density at radius 2 is 2.37 bits per heavy atom. The van der Waals surface area contributed by atoms with E-state index >= 15 is 0 Å². The summed E-state index contributed by atoms with van der Waals surface area (Å²) in [6.07, 6.45) is 4.95. The molecule has 2 aliphatic rings. The molecule has 2 unspecified atom stereocenters. The lowest BCUT2D eigenvalue weighted by atomic mass is 10.1. The Kier molecular flexibility index (Phi) is 3.33. The molecule has 2 fully saturated rings. The largest absolute Gasteiger partial charge is 0.478 e. The quantitative estimate of drug-likeness (QED) is 0.901. The summed E-state index contributed by atoms with van der Waals surface area (Å²) in [5.74, 6) is -0.341. The number of carbonyl (C=O) groups is 1. The van der Waals surface area contributed by atoms with Crippen molar-refractivity contribution in [2.75, 3.05) is 18.1 Å². The number of halogens is 1. The Labute approximate surface area is 116 Å². The Morgan fingerprint density at radius 1 is 1.53 bits per heavy atom. The fourth-order valence-electron chi connectivity index (χ4n) is 2.96. The van der Waals surface area contributed by atoms with Crippen molar-refractivity contribution in [3.05, 3.63) is 22.8 Å². The molecule has 1 N–H and O–H groups in total. The van der Waals surface area contributed by atoms with Gasteiger partial charge in [0.2, 0.25) is 0 Å². The summed E-state index contributed by atoms with van der Waals surface area (Å²) in [5.41, 5.74) is 0.104. The van der Waals surface area contributed by atoms with Crippen molar-refractivity contribution < 1.29 is 14.6 Å². The van der Waals surface area contributed by atoms with Gasteiger partial charge >= 0.3 is 5.97 Å². The zero-order chi connectivity index (χ0) is 13.4. The number of pyridine rings is 1. The first-order valence-electron chi connectivity index (χ1n) is 6.44. The summed E-state index contributed by atoms with van der Waals surface area (Å²) < 4.78 is 5.74. The van der Waals surface area contributed by atoms with E-state index in [1.807, 2.05) is 0 Å². The van der Waals surface area contributed by atoms with E-state index in [1.54, 1.807) is 6.07 Å². The van der Waals surface area contributed by atoms with Gasteiger partial charge in [0.15, 0.2) is 0 Å². The molecule has 5 nitrogen and oxygen atoms in total. The van der Waals surface area contributed by atoms with Gasteiger partial charge in [-0.3, -0.25) is 0 Å². The minimum Gasteiger partial charge on any atom is -0.478 e. The van der Waals surface area contributed by atoms with Crippen LogP contribution >= 0.6 is 11.6 Å². The Hall–Kier alpha value is -1.33. The number of rotatable bonds is 2. The van der Waals surface area contributed by atoms with Crippen molar-refractivity contribution in [3.63, 3.8) is 0 Å². The number of aromatic carboxylic acids is 1. The van der Waals surface area contributed by atoms with Crippen LogP contribution in [0.5, 0.6) is 0 Å². The first-order chi connectivity index (χ1) is 9.16. The van der Waals surface area contributed by atoms with E-state index in [-0.39, 0.29) is 16.7 Å². The Morgan fingerprint density at radius 3 is 3.16 bits per heavy atom. The highest BCUT2D eigenvalue weighted by molar-refractivity contribution is 6.33. The summed E-state index contributed by atoms with van der Waals surface area (Å²) >= 11 is 5.85. The van der Waals surface area contributed by atoms with E-state index in [2.05, 4.69) is 9.88 Å². The summed E-state index contributed by atoms with van der Waals surface area (Å²) in [5, 5.41) is 9.29. The minimum atomic E-state index is -1.02. The number of morpholine rings is 1. The Bertz CT molecular complexity index is 509. The molecule has 1 saturated heterocycles. The van der Waals surface area contributed by atoms with E-state index < -0.39 is 5.97 Å². The van der Waals surface area contributed by atoms with Crippen LogP contribution in [0.4, 0.5) is 5.82 Å². The number of anilines is 1. The van der Waals surface area contributed by atoms with Crippen LogP contribution in [0.15, 0.2) is 12.3 Å². The third-order valence-corrected chi connectivity index (χ3v) is 4.15. The monoisotopic (exact) mass is 282 g/mol. The van der Waals surface area contributed by atoms with Crippen LogP contribution in [0.2, 0.25) is 5.02 Å². The molecule has 2 heterocycles. The molecule has 0 aromatic carbocycles. The SMILES string of the molecule is O=C(O)c1cc(N2CCOC3CCCC32)ncc1Cl. The minimum absolute atomic E-state index is 0.104. The third-order valence-electron chi connectivity index (χ3n) is 3.85. The average molecular weight is 283 g/mol. The smallest absolute Gasteiger partial charge is 0.337 e. The molecule has 102 valence electrons. The molecule has 0 amide bonds. The van der Waals surface area contributed by atoms with Gasteiger partial charge in [0, 0.05) is 12.7 Å². The zero-order valence-electron chi connectivity index (χ0n) is 10.4. The topological polar surface area (TPSA) is 62.7 Å². The fourth-order valence-corrected chi connectivity index (χ4v) is 3.14. The summed E-state index contributed by atoms with van der Waals surface area (Å²) in [6.45, 7) is 1.41. The van der Waals surface area contributed by atoms with Crippen LogP contribution in [-0.4, -0.2) is 41.4 Å². The maximum Gasteiger partial charge on any atom is 0.337 e. The fraction of sp³-hybridized carbons (Fsp3) is 0.538. The molecule has 6 heteroatoms. The highest BCUT2D eigenvalue weighted by atomic mass is 35.5. The molecule has 2 atom stereocenters. The summed E-state index contributed by atoms with van der Waals surface area (Å²) in [7, 11) is 0. The van der Waals surface area contributed by atoms with Crippen LogP contribution in [-0.2, 0) is 4.74 Å². The second-order valence-corrected chi connectivity index (χ2v) is 5.34. The number of ether oxygens (including phenoxy) is 1. The van der Waals surface area contributed by atoms with E-state index in [9.17, 15) is 4.79 Å². The lowest BCUT2D eigenvalue weighted by Gasteiger charge is -2.38.